The molecule has 2 amide bonds. The Morgan fingerprint density at radius 1 is 1.29 bits per heavy atom. The van der Waals surface area contributed by atoms with Gasteiger partial charge in [-0.1, -0.05) is 30.9 Å². The maximum Gasteiger partial charge on any atom is 0.293 e. The van der Waals surface area contributed by atoms with Crippen molar-refractivity contribution in [1.82, 2.24) is 4.90 Å². The number of imide groups is 1. The molecule has 2 heterocycles. The Balaban J connectivity index is 2.16. The van der Waals surface area contributed by atoms with E-state index in [-0.39, 0.29) is 11.1 Å². The van der Waals surface area contributed by atoms with Gasteiger partial charge in [-0.2, -0.15) is 0 Å². The molecule has 0 N–H and O–H groups in total. The fourth-order valence-electron chi connectivity index (χ4n) is 1.64. The monoisotopic (exact) mass is 317 g/mol. The van der Waals surface area contributed by atoms with Crippen LogP contribution in [0.1, 0.15) is 16.7 Å². The Labute approximate surface area is 132 Å². The summed E-state index contributed by atoms with van der Waals surface area (Å²) in [5.74, 6) is -0.244. The minimum absolute atomic E-state index is 0.235. The lowest BCUT2D eigenvalue weighted by Gasteiger charge is -2.00. The molecule has 0 atom stereocenters. The van der Waals surface area contributed by atoms with Gasteiger partial charge in [-0.15, -0.1) is 11.3 Å². The third-order valence-electron chi connectivity index (χ3n) is 2.80. The van der Waals surface area contributed by atoms with Crippen LogP contribution in [-0.2, 0) is 4.79 Å². The molecule has 1 aromatic rings. The SMILES string of the molecule is C=C(C=CC=CC)c1ccc(C=C2SC(=O)N(C)C2=O)s1. The van der Waals surface area contributed by atoms with Crippen LogP contribution in [0.4, 0.5) is 4.79 Å². The van der Waals surface area contributed by atoms with Crippen molar-refractivity contribution in [3.63, 3.8) is 0 Å². The molecule has 0 radical (unpaired) electrons. The first-order chi connectivity index (χ1) is 10.0. The van der Waals surface area contributed by atoms with Gasteiger partial charge in [0, 0.05) is 16.8 Å². The number of nitrogens with zero attached hydrogens (tertiary/aromatic N) is 1. The quantitative estimate of drug-likeness (QED) is 0.603. The maximum absolute atomic E-state index is 11.8. The van der Waals surface area contributed by atoms with Crippen LogP contribution in [0, 0.1) is 0 Å². The van der Waals surface area contributed by atoms with Gasteiger partial charge >= 0.3 is 0 Å². The average Bonchev–Trinajstić information content (AvgIpc) is 3.01. The highest BCUT2D eigenvalue weighted by atomic mass is 32.2. The van der Waals surface area contributed by atoms with Crippen molar-refractivity contribution in [2.45, 2.75) is 6.92 Å². The van der Waals surface area contributed by atoms with Crippen LogP contribution in [-0.4, -0.2) is 23.1 Å². The van der Waals surface area contributed by atoms with E-state index in [1.165, 1.54) is 7.05 Å². The number of allylic oxidation sites excluding steroid dienone is 5. The van der Waals surface area contributed by atoms with Gasteiger partial charge in [0.2, 0.25) is 0 Å². The molecule has 2 rings (SSSR count). The van der Waals surface area contributed by atoms with Gasteiger partial charge in [0.05, 0.1) is 4.91 Å². The Bertz CT molecular complexity index is 680. The van der Waals surface area contributed by atoms with Crippen molar-refractivity contribution in [2.24, 2.45) is 0 Å². The van der Waals surface area contributed by atoms with Crippen molar-refractivity contribution < 1.29 is 9.59 Å². The molecule has 5 heteroatoms. The van der Waals surface area contributed by atoms with Crippen LogP contribution in [0.25, 0.3) is 11.6 Å². The van der Waals surface area contributed by atoms with Crippen LogP contribution in [0.5, 0.6) is 0 Å². The zero-order chi connectivity index (χ0) is 15.4. The van der Waals surface area contributed by atoms with E-state index in [4.69, 9.17) is 0 Å². The number of thioether (sulfide) groups is 1. The molecule has 0 saturated carbocycles. The highest BCUT2D eigenvalue weighted by molar-refractivity contribution is 8.18. The van der Waals surface area contributed by atoms with E-state index in [0.29, 0.717) is 4.91 Å². The summed E-state index contributed by atoms with van der Waals surface area (Å²) in [6.07, 6.45) is 9.52. The smallest absolute Gasteiger partial charge is 0.272 e. The molecule has 0 bridgehead atoms. The summed E-state index contributed by atoms with van der Waals surface area (Å²) in [6, 6.07) is 3.90. The summed E-state index contributed by atoms with van der Waals surface area (Å²) in [7, 11) is 1.49. The van der Waals surface area contributed by atoms with E-state index < -0.39 is 0 Å². The maximum atomic E-state index is 11.8. The topological polar surface area (TPSA) is 37.4 Å². The molecule has 1 aliphatic heterocycles. The minimum Gasteiger partial charge on any atom is -0.272 e. The molecule has 1 aromatic heterocycles. The highest BCUT2D eigenvalue weighted by Gasteiger charge is 2.31. The molecule has 0 unspecified atom stereocenters. The number of carbonyl (C=O) groups is 2. The third kappa shape index (κ3) is 3.62. The summed E-state index contributed by atoms with van der Waals surface area (Å²) < 4.78 is 0. The molecule has 0 spiro atoms. The predicted molar refractivity (Wildman–Crippen MR) is 91.0 cm³/mol. The molecular weight excluding hydrogens is 302 g/mol. The Morgan fingerprint density at radius 3 is 2.67 bits per heavy atom. The average molecular weight is 317 g/mol. The number of amides is 2. The van der Waals surface area contributed by atoms with Gasteiger partial charge in [-0.3, -0.25) is 14.5 Å². The molecule has 21 heavy (non-hydrogen) atoms. The van der Waals surface area contributed by atoms with E-state index in [1.807, 2.05) is 43.4 Å². The Kier molecular flexibility index (Phi) is 4.98. The van der Waals surface area contributed by atoms with Crippen molar-refractivity contribution in [1.29, 1.82) is 0 Å². The molecular formula is C16H15NO2S2. The third-order valence-corrected chi connectivity index (χ3v) is 4.87. The van der Waals surface area contributed by atoms with Gasteiger partial charge in [0.1, 0.15) is 0 Å². The lowest BCUT2D eigenvalue weighted by Crippen LogP contribution is -2.22. The first kappa shape index (κ1) is 15.5. The number of carbonyl (C=O) groups excluding carboxylic acids is 2. The summed E-state index contributed by atoms with van der Waals surface area (Å²) in [5, 5.41) is -0.235. The molecule has 1 saturated heterocycles. The lowest BCUT2D eigenvalue weighted by atomic mass is 10.2. The van der Waals surface area contributed by atoms with E-state index >= 15 is 0 Å². The molecule has 3 nitrogen and oxygen atoms in total. The number of thiophene rings is 1. The van der Waals surface area contributed by atoms with Crippen LogP contribution in [0.2, 0.25) is 0 Å². The second kappa shape index (κ2) is 6.74. The number of hydrogen-bond donors (Lipinski definition) is 0. The molecule has 0 aromatic carbocycles. The van der Waals surface area contributed by atoms with E-state index in [9.17, 15) is 9.59 Å². The summed E-state index contributed by atoms with van der Waals surface area (Å²) in [4.78, 5) is 26.8. The molecule has 1 fully saturated rings. The van der Waals surface area contributed by atoms with Gasteiger partial charge in [0.25, 0.3) is 11.1 Å². The van der Waals surface area contributed by atoms with Crippen molar-refractivity contribution in [2.75, 3.05) is 7.05 Å². The van der Waals surface area contributed by atoms with Crippen LogP contribution < -0.4 is 0 Å². The zero-order valence-corrected chi connectivity index (χ0v) is 13.5. The van der Waals surface area contributed by atoms with Crippen molar-refractivity contribution >= 4 is 45.9 Å². The van der Waals surface area contributed by atoms with Crippen molar-refractivity contribution in [3.8, 4) is 0 Å². The highest BCUT2D eigenvalue weighted by Crippen LogP contribution is 2.33. The van der Waals surface area contributed by atoms with Gasteiger partial charge in [0.15, 0.2) is 0 Å². The van der Waals surface area contributed by atoms with E-state index in [2.05, 4.69) is 6.58 Å². The van der Waals surface area contributed by atoms with Crippen LogP contribution in [0.3, 0.4) is 0 Å². The fraction of sp³-hybridized carbons (Fsp3) is 0.125. The standard InChI is InChI=1S/C16H15NO2S2/c1-4-5-6-7-11(2)13-9-8-12(20-13)10-14-15(18)17(3)16(19)21-14/h4-10H,2H2,1,3H3. The van der Waals surface area contributed by atoms with Crippen molar-refractivity contribution in [3.05, 3.63) is 57.7 Å². The molecule has 1 aliphatic rings. The number of hydrogen-bond acceptors (Lipinski definition) is 4. The summed E-state index contributed by atoms with van der Waals surface area (Å²) in [6.45, 7) is 5.97. The Morgan fingerprint density at radius 2 is 2.05 bits per heavy atom. The van der Waals surface area contributed by atoms with Crippen LogP contribution in [0.15, 0.2) is 47.9 Å². The normalized spacial score (nSPS) is 17.8. The predicted octanol–water partition coefficient (Wildman–Crippen LogP) is 4.56. The largest absolute Gasteiger partial charge is 0.293 e. The second-order valence-corrected chi connectivity index (χ2v) is 6.46. The summed E-state index contributed by atoms with van der Waals surface area (Å²) >= 11 is 2.51. The zero-order valence-electron chi connectivity index (χ0n) is 11.8. The van der Waals surface area contributed by atoms with E-state index in [0.717, 1.165) is 32.0 Å². The second-order valence-electron chi connectivity index (χ2n) is 4.35. The van der Waals surface area contributed by atoms with E-state index in [1.54, 1.807) is 17.4 Å². The van der Waals surface area contributed by atoms with Crippen LogP contribution >= 0.6 is 23.1 Å². The molecule has 108 valence electrons. The number of rotatable bonds is 4. The van der Waals surface area contributed by atoms with Gasteiger partial charge in [-0.25, -0.2) is 0 Å². The first-order valence-corrected chi connectivity index (χ1v) is 7.96. The number of likely N-dealkylation sites (N-methyl/N-ethyl adjacent to an activating group) is 1. The minimum atomic E-state index is -0.244. The fourth-order valence-corrected chi connectivity index (χ4v) is 3.44. The van der Waals surface area contributed by atoms with Gasteiger partial charge in [-0.05, 0) is 42.5 Å². The lowest BCUT2D eigenvalue weighted by molar-refractivity contribution is -0.121. The van der Waals surface area contributed by atoms with Gasteiger partial charge < -0.3 is 0 Å². The Hall–Kier alpha value is -1.85. The molecule has 0 aliphatic carbocycles. The summed E-state index contributed by atoms with van der Waals surface area (Å²) in [5.41, 5.74) is 0.918. The first-order valence-electron chi connectivity index (χ1n) is 6.33.